The molecule has 0 radical (unpaired) electrons. The molecule has 1 nitrogen and oxygen atoms in total. The maximum atomic E-state index is 10.2. The molecule has 0 bridgehead atoms. The first-order valence-electron chi connectivity index (χ1n) is 6.17. The normalized spacial score (nSPS) is 10.1. The first-order chi connectivity index (χ1) is 8.40. The largest absolute Gasteiger partial charge is 0.507 e. The number of phenolic OH excluding ortho intramolecular Hbond substituents is 1. The van der Waals surface area contributed by atoms with Crippen molar-refractivity contribution in [3.63, 3.8) is 0 Å². The van der Waals surface area contributed by atoms with Crippen LogP contribution in [0.5, 0.6) is 5.75 Å². The number of allylic oxidation sites excluding steroid dienone is 4. The van der Waals surface area contributed by atoms with Gasteiger partial charge in [0.25, 0.3) is 0 Å². The Hall–Kier alpha value is -1.21. The van der Waals surface area contributed by atoms with Gasteiger partial charge in [0.1, 0.15) is 5.75 Å². The molecule has 1 aromatic carbocycles. The summed E-state index contributed by atoms with van der Waals surface area (Å²) >= 11 is 6.10. The molecule has 0 saturated carbocycles. The quantitative estimate of drug-likeness (QED) is 0.754. The van der Waals surface area contributed by atoms with Crippen LogP contribution < -0.4 is 0 Å². The van der Waals surface area contributed by atoms with Crippen LogP contribution in [0.2, 0.25) is 5.02 Å². The molecule has 0 spiro atoms. The molecule has 1 rings (SSSR count). The summed E-state index contributed by atoms with van der Waals surface area (Å²) in [6, 6.07) is 3.67. The van der Waals surface area contributed by atoms with Gasteiger partial charge in [-0.2, -0.15) is 0 Å². The highest BCUT2D eigenvalue weighted by Gasteiger charge is 2.07. The van der Waals surface area contributed by atoms with E-state index in [-0.39, 0.29) is 0 Å². The predicted molar refractivity (Wildman–Crippen MR) is 79.4 cm³/mol. The molecule has 0 atom stereocenters. The molecule has 0 aliphatic rings. The minimum atomic E-state index is 0.370. The summed E-state index contributed by atoms with van der Waals surface area (Å²) in [6.07, 6.45) is 5.62. The molecule has 98 valence electrons. The Balaban J connectivity index is 3.06. The molecular formula is C16H21ClO. The van der Waals surface area contributed by atoms with E-state index in [1.807, 2.05) is 39.8 Å². The zero-order valence-corrected chi connectivity index (χ0v) is 12.3. The van der Waals surface area contributed by atoms with E-state index in [9.17, 15) is 5.11 Å². The topological polar surface area (TPSA) is 20.2 Å². The van der Waals surface area contributed by atoms with Crippen molar-refractivity contribution < 1.29 is 5.11 Å². The zero-order valence-electron chi connectivity index (χ0n) is 11.5. The molecule has 0 saturated heterocycles. The van der Waals surface area contributed by atoms with E-state index in [0.717, 1.165) is 24.0 Å². The molecule has 1 N–H and O–H groups in total. The fourth-order valence-corrected chi connectivity index (χ4v) is 1.92. The van der Waals surface area contributed by atoms with Gasteiger partial charge < -0.3 is 5.11 Å². The molecule has 18 heavy (non-hydrogen) atoms. The summed E-state index contributed by atoms with van der Waals surface area (Å²) in [5, 5.41) is 10.9. The SMILES string of the molecule is CC(C)=CCc1cc(Cl)cc(CC=C(C)C)c1O. The van der Waals surface area contributed by atoms with Gasteiger partial charge in [0, 0.05) is 5.02 Å². The van der Waals surface area contributed by atoms with Crippen LogP contribution in [-0.2, 0) is 12.8 Å². The number of benzene rings is 1. The maximum Gasteiger partial charge on any atom is 0.122 e. The Morgan fingerprint density at radius 2 is 1.39 bits per heavy atom. The molecule has 0 amide bonds. The van der Waals surface area contributed by atoms with E-state index < -0.39 is 0 Å². The highest BCUT2D eigenvalue weighted by molar-refractivity contribution is 6.30. The molecule has 0 fully saturated rings. The van der Waals surface area contributed by atoms with Crippen LogP contribution in [0.4, 0.5) is 0 Å². The lowest BCUT2D eigenvalue weighted by atomic mass is 10.0. The van der Waals surface area contributed by atoms with Crippen molar-refractivity contribution in [2.45, 2.75) is 40.5 Å². The summed E-state index contributed by atoms with van der Waals surface area (Å²) in [4.78, 5) is 0. The molecular weight excluding hydrogens is 244 g/mol. The van der Waals surface area contributed by atoms with Crippen LogP contribution >= 0.6 is 11.6 Å². The lowest BCUT2D eigenvalue weighted by molar-refractivity contribution is 0.464. The lowest BCUT2D eigenvalue weighted by Gasteiger charge is -2.09. The van der Waals surface area contributed by atoms with E-state index in [1.165, 1.54) is 11.1 Å². The minimum Gasteiger partial charge on any atom is -0.507 e. The van der Waals surface area contributed by atoms with Crippen LogP contribution in [0.25, 0.3) is 0 Å². The second-order valence-corrected chi connectivity index (χ2v) is 5.48. The van der Waals surface area contributed by atoms with Gasteiger partial charge in [-0.25, -0.2) is 0 Å². The number of phenols is 1. The molecule has 0 heterocycles. The van der Waals surface area contributed by atoms with Gasteiger partial charge in [-0.1, -0.05) is 34.9 Å². The van der Waals surface area contributed by atoms with E-state index in [1.54, 1.807) is 0 Å². The highest BCUT2D eigenvalue weighted by Crippen LogP contribution is 2.29. The van der Waals surface area contributed by atoms with E-state index in [4.69, 9.17) is 11.6 Å². The highest BCUT2D eigenvalue weighted by atomic mass is 35.5. The van der Waals surface area contributed by atoms with Crippen LogP contribution in [-0.4, -0.2) is 5.11 Å². The van der Waals surface area contributed by atoms with Gasteiger partial charge in [-0.3, -0.25) is 0 Å². The molecule has 2 heteroatoms. The van der Waals surface area contributed by atoms with E-state index in [0.29, 0.717) is 10.8 Å². The Labute approximate surface area is 115 Å². The van der Waals surface area contributed by atoms with Crippen LogP contribution in [0.1, 0.15) is 38.8 Å². The minimum absolute atomic E-state index is 0.370. The van der Waals surface area contributed by atoms with Crippen LogP contribution in [0.15, 0.2) is 35.4 Å². The first kappa shape index (κ1) is 14.8. The third-order valence-corrected chi connectivity index (χ3v) is 2.91. The lowest BCUT2D eigenvalue weighted by Crippen LogP contribution is -1.91. The fourth-order valence-electron chi connectivity index (χ4n) is 1.66. The number of rotatable bonds is 4. The molecule has 1 aromatic rings. The second kappa shape index (κ2) is 6.65. The number of halogens is 1. The summed E-state index contributed by atoms with van der Waals surface area (Å²) in [5.74, 6) is 0.370. The van der Waals surface area contributed by atoms with Crippen molar-refractivity contribution in [3.8, 4) is 5.75 Å². The molecule has 0 aromatic heterocycles. The third-order valence-electron chi connectivity index (χ3n) is 2.69. The Morgan fingerprint density at radius 1 is 1.00 bits per heavy atom. The summed E-state index contributed by atoms with van der Waals surface area (Å²) < 4.78 is 0. The van der Waals surface area contributed by atoms with Crippen LogP contribution in [0, 0.1) is 0 Å². The smallest absolute Gasteiger partial charge is 0.122 e. The van der Waals surface area contributed by atoms with Crippen molar-refractivity contribution in [2.75, 3.05) is 0 Å². The van der Waals surface area contributed by atoms with Crippen molar-refractivity contribution in [1.29, 1.82) is 0 Å². The summed E-state index contributed by atoms with van der Waals surface area (Å²) in [7, 11) is 0. The van der Waals surface area contributed by atoms with E-state index in [2.05, 4.69) is 12.2 Å². The number of aromatic hydroxyl groups is 1. The Morgan fingerprint density at radius 3 is 1.72 bits per heavy atom. The number of hydrogen-bond donors (Lipinski definition) is 1. The maximum absolute atomic E-state index is 10.2. The molecule has 0 aliphatic heterocycles. The average molecular weight is 265 g/mol. The van der Waals surface area contributed by atoms with Crippen molar-refractivity contribution in [2.24, 2.45) is 0 Å². The van der Waals surface area contributed by atoms with Crippen LogP contribution in [0.3, 0.4) is 0 Å². The van der Waals surface area contributed by atoms with Gasteiger partial charge in [-0.05, 0) is 63.8 Å². The predicted octanol–water partition coefficient (Wildman–Crippen LogP) is 5.06. The number of hydrogen-bond acceptors (Lipinski definition) is 1. The standard InChI is InChI=1S/C16H21ClO/c1-11(2)5-7-13-9-15(17)10-14(16(13)18)8-6-12(3)4/h5-6,9-10,18H,7-8H2,1-4H3. The van der Waals surface area contributed by atoms with Crippen molar-refractivity contribution in [1.82, 2.24) is 0 Å². The van der Waals surface area contributed by atoms with E-state index >= 15 is 0 Å². The van der Waals surface area contributed by atoms with Gasteiger partial charge in [0.15, 0.2) is 0 Å². The van der Waals surface area contributed by atoms with Gasteiger partial charge in [-0.15, -0.1) is 0 Å². The van der Waals surface area contributed by atoms with Crippen molar-refractivity contribution >= 4 is 11.6 Å². The van der Waals surface area contributed by atoms with Gasteiger partial charge in [0.05, 0.1) is 0 Å². The summed E-state index contributed by atoms with van der Waals surface area (Å²) in [5.41, 5.74) is 4.25. The molecule has 0 unspecified atom stereocenters. The fraction of sp³-hybridized carbons (Fsp3) is 0.375. The Bertz CT molecular complexity index is 435. The second-order valence-electron chi connectivity index (χ2n) is 5.04. The van der Waals surface area contributed by atoms with Gasteiger partial charge in [0.2, 0.25) is 0 Å². The first-order valence-corrected chi connectivity index (χ1v) is 6.55. The Kier molecular flexibility index (Phi) is 5.49. The summed E-state index contributed by atoms with van der Waals surface area (Å²) in [6.45, 7) is 8.19. The van der Waals surface area contributed by atoms with Crippen molar-refractivity contribution in [3.05, 3.63) is 51.6 Å². The zero-order chi connectivity index (χ0) is 13.7. The molecule has 0 aliphatic carbocycles. The van der Waals surface area contributed by atoms with Gasteiger partial charge >= 0.3 is 0 Å². The monoisotopic (exact) mass is 264 g/mol. The average Bonchev–Trinajstić information content (AvgIpc) is 2.27. The third kappa shape index (κ3) is 4.58.